The number of hydrogen-bond donors (Lipinski definition) is 0. The van der Waals surface area contributed by atoms with Crippen LogP contribution in [-0.2, 0) is 0 Å². The minimum atomic E-state index is -0.345. The molecule has 0 saturated carbocycles. The Bertz CT molecular complexity index is 672. The van der Waals surface area contributed by atoms with Crippen LogP contribution in [0.2, 0.25) is 0 Å². The number of hydrogen-bond acceptors (Lipinski definition) is 3. The first kappa shape index (κ1) is 11.3. The summed E-state index contributed by atoms with van der Waals surface area (Å²) in [5.74, 6) is 0. The Morgan fingerprint density at radius 3 is 2.94 bits per heavy atom. The second kappa shape index (κ2) is 3.88. The first-order valence-corrected chi connectivity index (χ1v) is 6.31. The maximum absolute atomic E-state index is 11.0. The van der Waals surface area contributed by atoms with E-state index < -0.39 is 0 Å². The average molecular weight is 305 g/mol. The molecule has 5 heteroatoms. The van der Waals surface area contributed by atoms with E-state index in [1.54, 1.807) is 13.0 Å². The monoisotopic (exact) mass is 304 g/mol. The molecule has 1 aliphatic carbocycles. The summed E-state index contributed by atoms with van der Waals surface area (Å²) in [4.78, 5) is 15.2. The third kappa shape index (κ3) is 1.54. The second-order valence-electron chi connectivity index (χ2n) is 4.27. The first-order valence-electron chi connectivity index (χ1n) is 5.51. The van der Waals surface area contributed by atoms with E-state index in [4.69, 9.17) is 0 Å². The van der Waals surface area contributed by atoms with Crippen LogP contribution in [0.3, 0.4) is 0 Å². The zero-order valence-corrected chi connectivity index (χ0v) is 11.2. The van der Waals surface area contributed by atoms with Crippen molar-refractivity contribution in [3.63, 3.8) is 0 Å². The highest BCUT2D eigenvalue weighted by molar-refractivity contribution is 9.11. The van der Waals surface area contributed by atoms with Gasteiger partial charge in [0.1, 0.15) is 0 Å². The van der Waals surface area contributed by atoms with Crippen LogP contribution in [0.1, 0.15) is 17.5 Å². The highest BCUT2D eigenvalue weighted by Crippen LogP contribution is 2.43. The van der Waals surface area contributed by atoms with Crippen LogP contribution in [0.5, 0.6) is 0 Å². The van der Waals surface area contributed by atoms with Crippen molar-refractivity contribution in [2.24, 2.45) is 4.99 Å². The fourth-order valence-electron chi connectivity index (χ4n) is 2.37. The molecule has 90 valence electrons. The van der Waals surface area contributed by atoms with Gasteiger partial charge in [0.2, 0.25) is 0 Å². The number of fused-ring (bicyclic) bond motifs is 3. The predicted octanol–water partition coefficient (Wildman–Crippen LogP) is 4.06. The molecule has 0 fully saturated rings. The lowest BCUT2D eigenvalue weighted by Gasteiger charge is -2.10. The van der Waals surface area contributed by atoms with E-state index in [0.29, 0.717) is 5.56 Å². The quantitative estimate of drug-likeness (QED) is 0.580. The van der Waals surface area contributed by atoms with Gasteiger partial charge < -0.3 is 0 Å². The van der Waals surface area contributed by atoms with Crippen molar-refractivity contribution in [1.82, 2.24) is 0 Å². The van der Waals surface area contributed by atoms with E-state index in [2.05, 4.69) is 20.9 Å². The first-order chi connectivity index (χ1) is 8.58. The Morgan fingerprint density at radius 2 is 2.22 bits per heavy atom. The third-order valence-electron chi connectivity index (χ3n) is 3.22. The molecule has 0 amide bonds. The van der Waals surface area contributed by atoms with Crippen LogP contribution in [0.15, 0.2) is 33.8 Å². The summed E-state index contributed by atoms with van der Waals surface area (Å²) < 4.78 is 0.996. The topological polar surface area (TPSA) is 55.5 Å². The van der Waals surface area contributed by atoms with Gasteiger partial charge in [-0.2, -0.15) is 0 Å². The third-order valence-corrected chi connectivity index (χ3v) is 3.77. The molecular weight excluding hydrogens is 296 g/mol. The molecule has 0 atom stereocenters. The van der Waals surface area contributed by atoms with E-state index in [9.17, 15) is 10.1 Å². The number of benzene rings is 1. The molecule has 1 aliphatic heterocycles. The van der Waals surface area contributed by atoms with Crippen LogP contribution in [0, 0.1) is 17.0 Å². The molecule has 0 N–H and O–H groups in total. The van der Waals surface area contributed by atoms with E-state index in [0.717, 1.165) is 33.4 Å². The molecule has 18 heavy (non-hydrogen) atoms. The number of nitrogens with zero attached hydrogens (tertiary/aromatic N) is 2. The standard InChI is InChI=1S/C13H9BrN2O2/c1-7-12(16(17)18)5-4-11-13(7)9-6-8(14)2-3-10(9)15-11/h2,4-6H,3H2,1H3. The summed E-state index contributed by atoms with van der Waals surface area (Å²) in [5.41, 5.74) is 4.54. The number of nitro benzene ring substituents is 1. The van der Waals surface area contributed by atoms with E-state index in [1.807, 2.05) is 12.2 Å². The zero-order chi connectivity index (χ0) is 12.9. The molecule has 2 aliphatic rings. The van der Waals surface area contributed by atoms with Crippen LogP contribution in [-0.4, -0.2) is 10.6 Å². The van der Waals surface area contributed by atoms with Crippen molar-refractivity contribution in [2.75, 3.05) is 0 Å². The fraction of sp³-hybridized carbons (Fsp3) is 0.154. The summed E-state index contributed by atoms with van der Waals surface area (Å²) in [6.07, 6.45) is 4.77. The molecule has 1 heterocycles. The molecule has 0 unspecified atom stereocenters. The molecule has 1 aromatic rings. The van der Waals surface area contributed by atoms with Crippen molar-refractivity contribution in [1.29, 1.82) is 0 Å². The van der Waals surface area contributed by atoms with Crippen molar-refractivity contribution >= 4 is 38.6 Å². The highest BCUT2D eigenvalue weighted by atomic mass is 79.9. The Hall–Kier alpha value is -1.75. The minimum Gasteiger partial charge on any atom is -0.258 e. The molecule has 4 nitrogen and oxygen atoms in total. The van der Waals surface area contributed by atoms with Crippen LogP contribution < -0.4 is 0 Å². The number of halogens is 1. The molecule has 0 radical (unpaired) electrons. The van der Waals surface area contributed by atoms with Crippen LogP contribution in [0.4, 0.5) is 11.4 Å². The van der Waals surface area contributed by atoms with Gasteiger partial charge in [-0.1, -0.05) is 22.0 Å². The number of nitro groups is 1. The number of aliphatic imine (C=N–C) groups is 1. The van der Waals surface area contributed by atoms with Crippen molar-refractivity contribution in [3.05, 3.63) is 50.0 Å². The second-order valence-corrected chi connectivity index (χ2v) is 5.19. The average Bonchev–Trinajstić information content (AvgIpc) is 2.67. The predicted molar refractivity (Wildman–Crippen MR) is 74.5 cm³/mol. The van der Waals surface area contributed by atoms with Gasteiger partial charge in [0.25, 0.3) is 5.69 Å². The van der Waals surface area contributed by atoms with Crippen molar-refractivity contribution in [2.45, 2.75) is 13.3 Å². The van der Waals surface area contributed by atoms with Gasteiger partial charge in [-0.3, -0.25) is 15.1 Å². The van der Waals surface area contributed by atoms with Gasteiger partial charge in [0.05, 0.1) is 16.3 Å². The zero-order valence-electron chi connectivity index (χ0n) is 9.61. The summed E-state index contributed by atoms with van der Waals surface area (Å²) in [6, 6.07) is 3.25. The Kier molecular flexibility index (Phi) is 2.45. The molecular formula is C13H9BrN2O2. The summed E-state index contributed by atoms with van der Waals surface area (Å²) in [6.45, 7) is 1.78. The summed E-state index contributed by atoms with van der Waals surface area (Å²) >= 11 is 3.44. The van der Waals surface area contributed by atoms with Crippen LogP contribution in [0.25, 0.3) is 5.57 Å². The van der Waals surface area contributed by atoms with Gasteiger partial charge in [-0.05, 0) is 19.1 Å². The summed E-state index contributed by atoms with van der Waals surface area (Å²) in [5, 5.41) is 11.0. The Labute approximate surface area is 112 Å². The maximum atomic E-state index is 11.0. The number of rotatable bonds is 1. The summed E-state index contributed by atoms with van der Waals surface area (Å²) in [7, 11) is 0. The number of allylic oxidation sites excluding steroid dienone is 4. The molecule has 3 rings (SSSR count). The molecule has 0 aromatic heterocycles. The largest absolute Gasteiger partial charge is 0.273 e. The van der Waals surface area contributed by atoms with Gasteiger partial charge >= 0.3 is 0 Å². The Balaban J connectivity index is 2.25. The maximum Gasteiger partial charge on any atom is 0.273 e. The SMILES string of the molecule is Cc1c([N+](=O)[O-])ccc2c1C1=CC(Br)=CCC1=N2. The normalized spacial score (nSPS) is 16.4. The fourth-order valence-corrected chi connectivity index (χ4v) is 2.76. The lowest BCUT2D eigenvalue weighted by molar-refractivity contribution is -0.385. The lowest BCUT2D eigenvalue weighted by Crippen LogP contribution is -2.02. The molecule has 0 saturated heterocycles. The molecule has 0 spiro atoms. The van der Waals surface area contributed by atoms with E-state index >= 15 is 0 Å². The van der Waals surface area contributed by atoms with Gasteiger partial charge in [-0.15, -0.1) is 0 Å². The van der Waals surface area contributed by atoms with Gasteiger partial charge in [0, 0.05) is 33.7 Å². The highest BCUT2D eigenvalue weighted by Gasteiger charge is 2.28. The molecule has 1 aromatic carbocycles. The smallest absolute Gasteiger partial charge is 0.258 e. The van der Waals surface area contributed by atoms with E-state index in [1.165, 1.54) is 6.07 Å². The minimum absolute atomic E-state index is 0.150. The van der Waals surface area contributed by atoms with Crippen molar-refractivity contribution < 1.29 is 4.92 Å². The molecule has 0 bridgehead atoms. The van der Waals surface area contributed by atoms with Crippen molar-refractivity contribution in [3.8, 4) is 0 Å². The van der Waals surface area contributed by atoms with Crippen LogP contribution >= 0.6 is 15.9 Å². The Morgan fingerprint density at radius 1 is 1.44 bits per heavy atom. The van der Waals surface area contributed by atoms with Gasteiger partial charge in [-0.25, -0.2) is 0 Å². The van der Waals surface area contributed by atoms with Gasteiger partial charge in [0.15, 0.2) is 0 Å². The lowest BCUT2D eigenvalue weighted by atomic mass is 9.93. The van der Waals surface area contributed by atoms with E-state index in [-0.39, 0.29) is 10.6 Å².